The Bertz CT molecular complexity index is 1000. The number of imidazole rings is 1. The lowest BCUT2D eigenvalue weighted by molar-refractivity contribution is 0.450. The van der Waals surface area contributed by atoms with Gasteiger partial charge >= 0.3 is 0 Å². The van der Waals surface area contributed by atoms with Gasteiger partial charge in [0, 0.05) is 41.4 Å². The van der Waals surface area contributed by atoms with Crippen molar-refractivity contribution in [3.05, 3.63) is 66.4 Å². The number of nitrogens with zero attached hydrogens (tertiary/aromatic N) is 4. The molecule has 4 rings (SSSR count). The van der Waals surface area contributed by atoms with E-state index in [9.17, 15) is 0 Å². The van der Waals surface area contributed by atoms with Crippen LogP contribution < -0.4 is 4.90 Å². The molecule has 0 unspecified atom stereocenters. The van der Waals surface area contributed by atoms with E-state index in [2.05, 4.69) is 65.3 Å². The number of hydrogen-bond donors (Lipinski definition) is 0. The number of fused-ring (bicyclic) bond motifs is 1. The van der Waals surface area contributed by atoms with Crippen molar-refractivity contribution in [1.29, 1.82) is 0 Å². The Balaban J connectivity index is 1.75. The normalized spacial score (nSPS) is 11.2. The second-order valence-electron chi connectivity index (χ2n) is 6.13. The van der Waals surface area contributed by atoms with Gasteiger partial charge in [-0.15, -0.1) is 0 Å². The van der Waals surface area contributed by atoms with E-state index in [0.29, 0.717) is 0 Å². The summed E-state index contributed by atoms with van der Waals surface area (Å²) < 4.78 is 7.38. The minimum absolute atomic E-state index is 0.838. The molecule has 0 spiro atoms. The van der Waals surface area contributed by atoms with Crippen molar-refractivity contribution in [3.63, 3.8) is 0 Å². The van der Waals surface area contributed by atoms with Gasteiger partial charge in [-0.2, -0.15) is 0 Å². The molecule has 2 aromatic carbocycles. The Morgan fingerprint density at radius 2 is 1.92 bits per heavy atom. The number of rotatable bonds is 4. The Hall–Kier alpha value is -3.08. The summed E-state index contributed by atoms with van der Waals surface area (Å²) in [7, 11) is 0. The largest absolute Gasteiger partial charge is 0.356 e. The van der Waals surface area contributed by atoms with Gasteiger partial charge in [0.25, 0.3) is 0 Å². The molecule has 0 aliphatic heterocycles. The second-order valence-corrected chi connectivity index (χ2v) is 6.13. The van der Waals surface area contributed by atoms with E-state index in [-0.39, 0.29) is 0 Å². The maximum atomic E-state index is 5.38. The van der Waals surface area contributed by atoms with Gasteiger partial charge in [-0.1, -0.05) is 5.16 Å². The summed E-state index contributed by atoms with van der Waals surface area (Å²) in [5.41, 5.74) is 6.36. The van der Waals surface area contributed by atoms with Crippen molar-refractivity contribution in [2.45, 2.75) is 20.8 Å². The summed E-state index contributed by atoms with van der Waals surface area (Å²) in [6, 6.07) is 12.7. The molecule has 0 aliphatic carbocycles. The first kappa shape index (κ1) is 15.4. The van der Waals surface area contributed by atoms with Crippen LogP contribution in [0.15, 0.2) is 59.6 Å². The molecular weight excluding hydrogens is 312 g/mol. The molecular formula is C20H20N4O. The zero-order valence-corrected chi connectivity index (χ0v) is 14.6. The van der Waals surface area contributed by atoms with Gasteiger partial charge in [-0.25, -0.2) is 4.98 Å². The van der Waals surface area contributed by atoms with Crippen LogP contribution in [0.2, 0.25) is 0 Å². The quantitative estimate of drug-likeness (QED) is 0.539. The number of benzene rings is 2. The number of anilines is 2. The number of aryl methyl sites for hydroxylation is 2. The Morgan fingerprint density at radius 3 is 2.60 bits per heavy atom. The molecule has 5 heteroatoms. The van der Waals surface area contributed by atoms with E-state index in [1.165, 1.54) is 11.3 Å². The molecule has 4 aromatic rings. The Kier molecular flexibility index (Phi) is 3.76. The molecule has 0 saturated heterocycles. The fourth-order valence-corrected chi connectivity index (χ4v) is 3.19. The highest BCUT2D eigenvalue weighted by molar-refractivity contribution is 5.86. The van der Waals surface area contributed by atoms with Crippen LogP contribution in [0.1, 0.15) is 18.2 Å². The zero-order chi connectivity index (χ0) is 17.4. The van der Waals surface area contributed by atoms with Gasteiger partial charge in [-0.3, -0.25) is 0 Å². The maximum absolute atomic E-state index is 5.38. The first-order valence-corrected chi connectivity index (χ1v) is 8.40. The van der Waals surface area contributed by atoms with Gasteiger partial charge in [0.2, 0.25) is 0 Å². The molecule has 0 N–H and O–H groups in total. The fourth-order valence-electron chi connectivity index (χ4n) is 3.19. The summed E-state index contributed by atoms with van der Waals surface area (Å²) in [5.74, 6) is 0. The number of aromatic nitrogens is 3. The molecule has 0 bridgehead atoms. The molecule has 0 fully saturated rings. The summed E-state index contributed by atoms with van der Waals surface area (Å²) in [5, 5.41) is 5.14. The van der Waals surface area contributed by atoms with Crippen LogP contribution >= 0.6 is 0 Å². The van der Waals surface area contributed by atoms with E-state index < -0.39 is 0 Å². The van der Waals surface area contributed by atoms with Crippen LogP contribution in [0, 0.1) is 13.8 Å². The molecule has 25 heavy (non-hydrogen) atoms. The van der Waals surface area contributed by atoms with Crippen LogP contribution in [0.4, 0.5) is 11.4 Å². The van der Waals surface area contributed by atoms with E-state index in [1.807, 2.05) is 17.7 Å². The highest BCUT2D eigenvalue weighted by Gasteiger charge is 2.14. The van der Waals surface area contributed by atoms with Crippen molar-refractivity contribution in [2.24, 2.45) is 0 Å². The van der Waals surface area contributed by atoms with Crippen molar-refractivity contribution in [2.75, 3.05) is 11.4 Å². The topological polar surface area (TPSA) is 47.1 Å². The predicted molar refractivity (Wildman–Crippen MR) is 99.7 cm³/mol. The molecule has 0 radical (unpaired) electrons. The monoisotopic (exact) mass is 332 g/mol. The van der Waals surface area contributed by atoms with E-state index >= 15 is 0 Å². The Labute approximate surface area is 146 Å². The van der Waals surface area contributed by atoms with E-state index in [1.54, 1.807) is 12.5 Å². The average molecular weight is 332 g/mol. The van der Waals surface area contributed by atoms with Gasteiger partial charge in [-0.05, 0) is 62.7 Å². The minimum Gasteiger partial charge on any atom is -0.356 e. The van der Waals surface area contributed by atoms with Crippen LogP contribution in [-0.2, 0) is 0 Å². The van der Waals surface area contributed by atoms with Crippen molar-refractivity contribution in [1.82, 2.24) is 14.7 Å². The molecule has 0 saturated carbocycles. The van der Waals surface area contributed by atoms with Crippen LogP contribution in [0.5, 0.6) is 0 Å². The van der Waals surface area contributed by atoms with Gasteiger partial charge < -0.3 is 14.0 Å². The van der Waals surface area contributed by atoms with Crippen molar-refractivity contribution >= 4 is 22.3 Å². The summed E-state index contributed by atoms with van der Waals surface area (Å²) in [6.07, 6.45) is 5.53. The lowest BCUT2D eigenvalue weighted by Gasteiger charge is -2.25. The van der Waals surface area contributed by atoms with E-state index in [0.717, 1.165) is 34.6 Å². The van der Waals surface area contributed by atoms with Crippen LogP contribution in [0.3, 0.4) is 0 Å². The van der Waals surface area contributed by atoms with Gasteiger partial charge in [0.05, 0.1) is 12.0 Å². The minimum atomic E-state index is 0.838. The smallest absolute Gasteiger partial charge is 0.167 e. The highest BCUT2D eigenvalue weighted by Crippen LogP contribution is 2.33. The molecule has 2 aromatic heterocycles. The molecule has 5 nitrogen and oxygen atoms in total. The summed E-state index contributed by atoms with van der Waals surface area (Å²) in [4.78, 5) is 6.41. The van der Waals surface area contributed by atoms with Crippen LogP contribution in [0.25, 0.3) is 16.7 Å². The second kappa shape index (κ2) is 6.09. The lowest BCUT2D eigenvalue weighted by Crippen LogP contribution is -2.17. The number of hydrogen-bond acceptors (Lipinski definition) is 4. The molecule has 126 valence electrons. The molecule has 0 atom stereocenters. The molecule has 0 aliphatic rings. The fraction of sp³-hybridized carbons (Fsp3) is 0.200. The van der Waals surface area contributed by atoms with Crippen molar-refractivity contribution < 1.29 is 4.52 Å². The first-order chi connectivity index (χ1) is 12.2. The first-order valence-electron chi connectivity index (χ1n) is 8.40. The average Bonchev–Trinajstić information content (AvgIpc) is 3.27. The van der Waals surface area contributed by atoms with E-state index in [4.69, 9.17) is 4.52 Å². The third-order valence-electron chi connectivity index (χ3n) is 4.54. The lowest BCUT2D eigenvalue weighted by atomic mass is 10.1. The van der Waals surface area contributed by atoms with Gasteiger partial charge in [0.15, 0.2) is 5.58 Å². The van der Waals surface area contributed by atoms with Gasteiger partial charge in [0.1, 0.15) is 0 Å². The van der Waals surface area contributed by atoms with Crippen LogP contribution in [-0.4, -0.2) is 21.3 Å². The SMILES string of the molecule is CCN(c1ccc(-n2ccnc2)cc1)c1cc2c(C)noc2cc1C. The molecule has 2 heterocycles. The summed E-state index contributed by atoms with van der Waals surface area (Å²) >= 11 is 0. The Morgan fingerprint density at radius 1 is 1.12 bits per heavy atom. The summed E-state index contributed by atoms with van der Waals surface area (Å²) in [6.45, 7) is 7.12. The standard InChI is InChI=1S/C20H20N4O/c1-4-24(17-7-5-16(6-8-17)23-10-9-21-13-23)19-12-18-15(3)22-25-20(18)11-14(19)2/h5-13H,4H2,1-3H3. The third kappa shape index (κ3) is 2.67. The predicted octanol–water partition coefficient (Wildman–Crippen LogP) is 4.79. The van der Waals surface area contributed by atoms with Crippen molar-refractivity contribution in [3.8, 4) is 5.69 Å². The third-order valence-corrected chi connectivity index (χ3v) is 4.54. The zero-order valence-electron chi connectivity index (χ0n) is 14.6. The highest BCUT2D eigenvalue weighted by atomic mass is 16.5. The maximum Gasteiger partial charge on any atom is 0.167 e. The molecule has 0 amide bonds.